The number of anilines is 1. The number of carbonyl (C=O) groups is 2. The van der Waals surface area contributed by atoms with Crippen molar-refractivity contribution in [2.24, 2.45) is 11.8 Å². The highest BCUT2D eigenvalue weighted by Gasteiger charge is 2.43. The van der Waals surface area contributed by atoms with Crippen LogP contribution in [-0.2, 0) is 11.2 Å². The van der Waals surface area contributed by atoms with Crippen molar-refractivity contribution in [1.82, 2.24) is 10.2 Å². The quantitative estimate of drug-likeness (QED) is 0.407. The zero-order valence-electron chi connectivity index (χ0n) is 24.1. The molecule has 41 heavy (non-hydrogen) atoms. The summed E-state index contributed by atoms with van der Waals surface area (Å²) in [6, 6.07) is 11.0. The number of benzene rings is 2. The van der Waals surface area contributed by atoms with Crippen LogP contribution >= 0.6 is 0 Å². The van der Waals surface area contributed by atoms with Gasteiger partial charge in [0, 0.05) is 29.9 Å². The van der Waals surface area contributed by atoms with Gasteiger partial charge in [0.15, 0.2) is 0 Å². The SMILES string of the molecule is CC1=CCc2ccc(NC(=O)C3CCCN(C(=O)c4c(C)cccc4F)C3[C@@H]3C=CC(NC4CCCC4)=CC3)cc21. The summed E-state index contributed by atoms with van der Waals surface area (Å²) in [4.78, 5) is 29.7. The van der Waals surface area contributed by atoms with Crippen molar-refractivity contribution in [3.05, 3.63) is 94.5 Å². The van der Waals surface area contributed by atoms with Crippen molar-refractivity contribution in [3.8, 4) is 0 Å². The van der Waals surface area contributed by atoms with Crippen molar-refractivity contribution in [1.29, 1.82) is 0 Å². The minimum atomic E-state index is -0.510. The standard InChI is InChI=1S/C35H40FN3O2/c1-22-12-13-24-14-19-28(21-30(22)24)38-34(40)29-10-6-20-39(35(41)32-23(2)7-5-11-31(32)36)33(29)25-15-17-27(18-16-25)37-26-8-3-4-9-26/h5,7,11-12,14-15,17-19,21,25-26,29,33,37H,3-4,6,8-10,13,16,20H2,1-2H3,(H,38,40)/t25-,29?,33?/m1/s1. The Labute approximate surface area is 242 Å². The van der Waals surface area contributed by atoms with E-state index >= 15 is 0 Å². The molecule has 6 rings (SSSR count). The van der Waals surface area contributed by atoms with Crippen LogP contribution in [0.4, 0.5) is 10.1 Å². The number of piperidine rings is 1. The second-order valence-corrected chi connectivity index (χ2v) is 12.2. The summed E-state index contributed by atoms with van der Waals surface area (Å²) in [7, 11) is 0. The van der Waals surface area contributed by atoms with Gasteiger partial charge in [-0.05, 0) is 98.9 Å². The number of halogens is 1. The molecule has 3 atom stereocenters. The number of allylic oxidation sites excluding steroid dienone is 4. The molecule has 214 valence electrons. The molecule has 0 aromatic heterocycles. The lowest BCUT2D eigenvalue weighted by molar-refractivity contribution is -0.123. The van der Waals surface area contributed by atoms with E-state index in [0.717, 1.165) is 24.2 Å². The average Bonchev–Trinajstić information content (AvgIpc) is 3.62. The van der Waals surface area contributed by atoms with Gasteiger partial charge < -0.3 is 15.5 Å². The second-order valence-electron chi connectivity index (χ2n) is 12.2. The van der Waals surface area contributed by atoms with Gasteiger partial charge in [0.25, 0.3) is 5.91 Å². The molecule has 4 aliphatic rings. The van der Waals surface area contributed by atoms with Crippen molar-refractivity contribution in [3.63, 3.8) is 0 Å². The number of rotatable bonds is 6. The normalized spacial score (nSPS) is 24.1. The summed E-state index contributed by atoms with van der Waals surface area (Å²) in [5.41, 5.74) is 6.30. The Balaban J connectivity index is 1.27. The molecule has 2 aromatic carbocycles. The van der Waals surface area contributed by atoms with Crippen LogP contribution in [0.15, 0.2) is 66.4 Å². The van der Waals surface area contributed by atoms with Gasteiger partial charge in [-0.2, -0.15) is 0 Å². The fourth-order valence-corrected chi connectivity index (χ4v) is 7.23. The Bertz CT molecular complexity index is 1410. The van der Waals surface area contributed by atoms with Crippen LogP contribution in [0.2, 0.25) is 0 Å². The summed E-state index contributed by atoms with van der Waals surface area (Å²) >= 11 is 0. The lowest BCUT2D eigenvalue weighted by atomic mass is 9.77. The highest BCUT2D eigenvalue weighted by Crippen LogP contribution is 2.37. The zero-order chi connectivity index (χ0) is 28.5. The first-order valence-corrected chi connectivity index (χ1v) is 15.2. The average molecular weight is 554 g/mol. The number of fused-ring (bicyclic) bond motifs is 1. The molecule has 0 radical (unpaired) electrons. The van der Waals surface area contributed by atoms with Gasteiger partial charge in [-0.3, -0.25) is 9.59 Å². The van der Waals surface area contributed by atoms with E-state index in [9.17, 15) is 14.0 Å². The summed E-state index contributed by atoms with van der Waals surface area (Å²) in [5.74, 6) is -1.36. The van der Waals surface area contributed by atoms with Crippen LogP contribution in [0.5, 0.6) is 0 Å². The van der Waals surface area contributed by atoms with E-state index in [1.54, 1.807) is 24.0 Å². The monoisotopic (exact) mass is 553 g/mol. The molecule has 6 heteroatoms. The van der Waals surface area contributed by atoms with Crippen LogP contribution in [-0.4, -0.2) is 35.3 Å². The van der Waals surface area contributed by atoms with E-state index in [2.05, 4.69) is 54.0 Å². The van der Waals surface area contributed by atoms with Crippen molar-refractivity contribution in [2.75, 3.05) is 11.9 Å². The highest BCUT2D eigenvalue weighted by atomic mass is 19.1. The molecule has 2 amide bonds. The van der Waals surface area contributed by atoms with Crippen LogP contribution in [0, 0.1) is 24.6 Å². The zero-order valence-corrected chi connectivity index (χ0v) is 24.1. The fourth-order valence-electron chi connectivity index (χ4n) is 7.23. The Kier molecular flexibility index (Phi) is 7.83. The minimum Gasteiger partial charge on any atom is -0.383 e. The van der Waals surface area contributed by atoms with E-state index in [-0.39, 0.29) is 29.3 Å². The molecular weight excluding hydrogens is 513 g/mol. The van der Waals surface area contributed by atoms with Gasteiger partial charge in [-0.1, -0.05) is 49.3 Å². The van der Waals surface area contributed by atoms with Gasteiger partial charge in [0.05, 0.1) is 17.5 Å². The van der Waals surface area contributed by atoms with Gasteiger partial charge >= 0.3 is 0 Å². The van der Waals surface area contributed by atoms with E-state index in [1.165, 1.54) is 48.4 Å². The van der Waals surface area contributed by atoms with Gasteiger partial charge in [-0.15, -0.1) is 0 Å². The third kappa shape index (κ3) is 5.61. The molecule has 1 saturated heterocycles. The van der Waals surface area contributed by atoms with Crippen molar-refractivity contribution < 1.29 is 14.0 Å². The maximum Gasteiger partial charge on any atom is 0.257 e. The Morgan fingerprint density at radius 2 is 1.83 bits per heavy atom. The molecule has 2 fully saturated rings. The van der Waals surface area contributed by atoms with Crippen LogP contribution in [0.25, 0.3) is 5.57 Å². The number of hydrogen-bond acceptors (Lipinski definition) is 3. The third-order valence-electron chi connectivity index (χ3n) is 9.45. The molecule has 0 spiro atoms. The highest BCUT2D eigenvalue weighted by molar-refractivity contribution is 5.98. The predicted molar refractivity (Wildman–Crippen MR) is 162 cm³/mol. The lowest BCUT2D eigenvalue weighted by Crippen LogP contribution is -2.55. The molecule has 1 aliphatic heterocycles. The van der Waals surface area contributed by atoms with E-state index in [4.69, 9.17) is 0 Å². The summed E-state index contributed by atoms with van der Waals surface area (Å²) in [5, 5.41) is 6.85. The van der Waals surface area contributed by atoms with Crippen LogP contribution in [0.1, 0.15) is 78.9 Å². The van der Waals surface area contributed by atoms with Crippen LogP contribution in [0.3, 0.4) is 0 Å². The van der Waals surface area contributed by atoms with E-state index in [0.29, 0.717) is 31.0 Å². The molecule has 2 aromatic rings. The largest absolute Gasteiger partial charge is 0.383 e. The van der Waals surface area contributed by atoms with E-state index < -0.39 is 11.7 Å². The van der Waals surface area contributed by atoms with Crippen molar-refractivity contribution >= 4 is 23.1 Å². The van der Waals surface area contributed by atoms with Crippen molar-refractivity contribution in [2.45, 2.75) is 77.3 Å². The van der Waals surface area contributed by atoms with Gasteiger partial charge in [0.2, 0.25) is 5.91 Å². The number of likely N-dealkylation sites (tertiary alicyclic amines) is 1. The molecule has 2 N–H and O–H groups in total. The molecule has 0 bridgehead atoms. The number of nitrogens with one attached hydrogen (secondary N) is 2. The molecule has 2 unspecified atom stereocenters. The smallest absolute Gasteiger partial charge is 0.257 e. The summed E-state index contributed by atoms with van der Waals surface area (Å²) < 4.78 is 15.0. The Morgan fingerprint density at radius 1 is 1.00 bits per heavy atom. The second kappa shape index (κ2) is 11.7. The molecule has 1 saturated carbocycles. The first-order valence-electron chi connectivity index (χ1n) is 15.2. The van der Waals surface area contributed by atoms with E-state index in [1.807, 2.05) is 6.07 Å². The third-order valence-corrected chi connectivity index (χ3v) is 9.45. The summed E-state index contributed by atoms with van der Waals surface area (Å²) in [6.07, 6.45) is 16.6. The number of hydrogen-bond donors (Lipinski definition) is 2. The lowest BCUT2D eigenvalue weighted by Gasteiger charge is -2.44. The molecule has 3 aliphatic carbocycles. The van der Waals surface area contributed by atoms with Crippen LogP contribution < -0.4 is 10.6 Å². The Morgan fingerprint density at radius 3 is 2.59 bits per heavy atom. The molecule has 5 nitrogen and oxygen atoms in total. The number of amides is 2. The topological polar surface area (TPSA) is 61.4 Å². The molecule has 1 heterocycles. The predicted octanol–water partition coefficient (Wildman–Crippen LogP) is 6.95. The first-order chi connectivity index (χ1) is 19.9. The van der Waals surface area contributed by atoms with Gasteiger partial charge in [0.1, 0.15) is 5.82 Å². The fraction of sp³-hybridized carbons (Fsp3) is 0.429. The number of carbonyl (C=O) groups excluding carboxylic acids is 2. The number of aryl methyl sites for hydroxylation is 1. The number of nitrogens with zero attached hydrogens (tertiary/aromatic N) is 1. The minimum absolute atomic E-state index is 0.0404. The maximum absolute atomic E-state index is 15.0. The first kappa shape index (κ1) is 27.5. The maximum atomic E-state index is 15.0. The Hall–Kier alpha value is -3.67. The molecular formula is C35H40FN3O2. The summed E-state index contributed by atoms with van der Waals surface area (Å²) in [6.45, 7) is 4.38. The van der Waals surface area contributed by atoms with Gasteiger partial charge in [-0.25, -0.2) is 4.39 Å².